The average molecular weight is 239 g/mol. The van der Waals surface area contributed by atoms with Gasteiger partial charge in [-0.1, -0.05) is 0 Å². The molecule has 1 unspecified atom stereocenters. The largest absolute Gasteiger partial charge is 0.390 e. The van der Waals surface area contributed by atoms with Gasteiger partial charge >= 0.3 is 6.18 Å². The molecule has 7 heteroatoms. The van der Waals surface area contributed by atoms with E-state index in [1.54, 1.807) is 5.38 Å². The van der Waals surface area contributed by atoms with E-state index in [-0.39, 0.29) is 6.42 Å². The van der Waals surface area contributed by atoms with Crippen molar-refractivity contribution in [3.05, 3.63) is 16.1 Å². The van der Waals surface area contributed by atoms with Gasteiger partial charge < -0.3 is 0 Å². The summed E-state index contributed by atoms with van der Waals surface area (Å²) in [5.74, 6) is 5.06. The summed E-state index contributed by atoms with van der Waals surface area (Å²) in [6, 6.07) is -0.813. The van der Waals surface area contributed by atoms with Gasteiger partial charge in [-0.05, 0) is 6.92 Å². The summed E-state index contributed by atoms with van der Waals surface area (Å²) in [6.45, 7) is 1.81. The average Bonchev–Trinajstić information content (AvgIpc) is 2.47. The van der Waals surface area contributed by atoms with Crippen molar-refractivity contribution in [1.29, 1.82) is 0 Å². The summed E-state index contributed by atoms with van der Waals surface area (Å²) in [4.78, 5) is 4.08. The highest BCUT2D eigenvalue weighted by Crippen LogP contribution is 2.23. The van der Waals surface area contributed by atoms with E-state index >= 15 is 0 Å². The lowest BCUT2D eigenvalue weighted by atomic mass is 10.1. The molecule has 1 heterocycles. The molecule has 3 N–H and O–H groups in total. The first kappa shape index (κ1) is 12.4. The Labute approximate surface area is 89.5 Å². The Kier molecular flexibility index (Phi) is 4.06. The minimum absolute atomic E-state index is 0.195. The number of hydrogen-bond donors (Lipinski definition) is 2. The maximum atomic E-state index is 12.1. The number of rotatable bonds is 4. The zero-order valence-electron chi connectivity index (χ0n) is 8.14. The van der Waals surface area contributed by atoms with Crippen LogP contribution in [0.1, 0.15) is 17.1 Å². The van der Waals surface area contributed by atoms with Gasteiger partial charge in [0.2, 0.25) is 0 Å². The van der Waals surface area contributed by atoms with Crippen molar-refractivity contribution in [2.75, 3.05) is 0 Å². The van der Waals surface area contributed by atoms with E-state index in [2.05, 4.69) is 10.4 Å². The number of hydrogen-bond acceptors (Lipinski definition) is 4. The van der Waals surface area contributed by atoms with Gasteiger partial charge in [0.25, 0.3) is 0 Å². The Balaban J connectivity index is 2.54. The van der Waals surface area contributed by atoms with Gasteiger partial charge in [-0.2, -0.15) is 13.2 Å². The molecule has 0 amide bonds. The molecule has 3 nitrogen and oxygen atoms in total. The Morgan fingerprint density at radius 3 is 2.67 bits per heavy atom. The molecule has 1 atom stereocenters. The fourth-order valence-electron chi connectivity index (χ4n) is 1.22. The highest BCUT2D eigenvalue weighted by atomic mass is 32.1. The second-order valence-electron chi connectivity index (χ2n) is 3.24. The molecule has 15 heavy (non-hydrogen) atoms. The van der Waals surface area contributed by atoms with Crippen LogP contribution in [-0.2, 0) is 6.42 Å². The van der Waals surface area contributed by atoms with Crippen LogP contribution in [0.5, 0.6) is 0 Å². The number of nitrogens with two attached hydrogens (primary N) is 1. The Morgan fingerprint density at radius 2 is 2.27 bits per heavy atom. The van der Waals surface area contributed by atoms with Gasteiger partial charge in [0.15, 0.2) is 0 Å². The molecular weight excluding hydrogens is 227 g/mol. The Hall–Kier alpha value is -0.660. The zero-order chi connectivity index (χ0) is 11.5. The van der Waals surface area contributed by atoms with E-state index in [0.29, 0.717) is 5.69 Å². The van der Waals surface area contributed by atoms with Crippen molar-refractivity contribution in [3.63, 3.8) is 0 Å². The molecule has 0 aromatic carbocycles. The van der Waals surface area contributed by atoms with Gasteiger partial charge in [0.1, 0.15) is 0 Å². The van der Waals surface area contributed by atoms with Crippen molar-refractivity contribution in [2.24, 2.45) is 5.84 Å². The first-order valence-electron chi connectivity index (χ1n) is 4.34. The monoisotopic (exact) mass is 239 g/mol. The maximum absolute atomic E-state index is 12.1. The molecule has 0 spiro atoms. The summed E-state index contributed by atoms with van der Waals surface area (Å²) in [6.07, 6.45) is -4.96. The second-order valence-corrected chi connectivity index (χ2v) is 4.31. The van der Waals surface area contributed by atoms with Gasteiger partial charge in [-0.25, -0.2) is 4.98 Å². The molecule has 0 saturated carbocycles. The minimum atomic E-state index is -4.21. The van der Waals surface area contributed by atoms with Gasteiger partial charge in [0.05, 0.1) is 17.1 Å². The Bertz CT molecular complexity index is 310. The number of hydrazine groups is 1. The minimum Gasteiger partial charge on any atom is -0.271 e. The Morgan fingerprint density at radius 1 is 1.60 bits per heavy atom. The summed E-state index contributed by atoms with van der Waals surface area (Å²) in [7, 11) is 0. The number of aryl methyl sites for hydroxylation is 1. The number of halogens is 3. The molecule has 0 saturated heterocycles. The number of nitrogens with one attached hydrogen (secondary N) is 1. The van der Waals surface area contributed by atoms with Crippen LogP contribution < -0.4 is 11.3 Å². The summed E-state index contributed by atoms with van der Waals surface area (Å²) in [5.41, 5.74) is 2.80. The molecular formula is C8H12F3N3S. The van der Waals surface area contributed by atoms with Crippen molar-refractivity contribution in [3.8, 4) is 0 Å². The maximum Gasteiger partial charge on any atom is 0.390 e. The fourth-order valence-corrected chi connectivity index (χ4v) is 1.85. The van der Waals surface area contributed by atoms with Crippen LogP contribution >= 0.6 is 11.3 Å². The van der Waals surface area contributed by atoms with Crippen LogP contribution in [0.15, 0.2) is 5.38 Å². The van der Waals surface area contributed by atoms with E-state index in [0.717, 1.165) is 5.01 Å². The van der Waals surface area contributed by atoms with Crippen molar-refractivity contribution in [2.45, 2.75) is 32.0 Å². The third-order valence-electron chi connectivity index (χ3n) is 1.84. The molecule has 0 aliphatic heterocycles. The SMILES string of the molecule is Cc1nc(CC(CC(F)(F)F)NN)cs1. The number of aromatic nitrogens is 1. The zero-order valence-corrected chi connectivity index (χ0v) is 8.95. The van der Waals surface area contributed by atoms with Crippen molar-refractivity contribution in [1.82, 2.24) is 10.4 Å². The predicted octanol–water partition coefficient (Wildman–Crippen LogP) is 1.78. The topological polar surface area (TPSA) is 50.9 Å². The molecule has 0 aliphatic carbocycles. The van der Waals surface area contributed by atoms with Crippen molar-refractivity contribution < 1.29 is 13.2 Å². The third-order valence-corrected chi connectivity index (χ3v) is 2.66. The molecule has 0 radical (unpaired) electrons. The van der Waals surface area contributed by atoms with Gasteiger partial charge in [-0.3, -0.25) is 11.3 Å². The summed E-state index contributed by atoms with van der Waals surface area (Å²) < 4.78 is 36.3. The quantitative estimate of drug-likeness (QED) is 0.622. The number of nitrogens with zero attached hydrogens (tertiary/aromatic N) is 1. The lowest BCUT2D eigenvalue weighted by Crippen LogP contribution is -2.40. The van der Waals surface area contributed by atoms with E-state index in [4.69, 9.17) is 5.84 Å². The smallest absolute Gasteiger partial charge is 0.271 e. The number of thiazole rings is 1. The summed E-state index contributed by atoms with van der Waals surface area (Å²) in [5, 5.41) is 2.59. The molecule has 0 bridgehead atoms. The summed E-state index contributed by atoms with van der Waals surface area (Å²) >= 11 is 1.41. The second kappa shape index (κ2) is 4.91. The standard InChI is InChI=1S/C8H12F3N3S/c1-5-13-7(4-15-5)2-6(14-12)3-8(9,10)11/h4,6,14H,2-3,12H2,1H3. The predicted molar refractivity (Wildman–Crippen MR) is 52.3 cm³/mol. The highest BCUT2D eigenvalue weighted by Gasteiger charge is 2.31. The lowest BCUT2D eigenvalue weighted by molar-refractivity contribution is -0.140. The molecule has 0 aliphatic rings. The molecule has 86 valence electrons. The highest BCUT2D eigenvalue weighted by molar-refractivity contribution is 7.09. The van der Waals surface area contributed by atoms with Gasteiger partial charge in [-0.15, -0.1) is 11.3 Å². The van der Waals surface area contributed by atoms with Gasteiger partial charge in [0, 0.05) is 17.8 Å². The lowest BCUT2D eigenvalue weighted by Gasteiger charge is -2.16. The third kappa shape index (κ3) is 4.59. The molecule has 0 fully saturated rings. The number of alkyl halides is 3. The first-order valence-corrected chi connectivity index (χ1v) is 5.22. The van der Waals surface area contributed by atoms with Crippen LogP contribution in [-0.4, -0.2) is 17.2 Å². The van der Waals surface area contributed by atoms with Crippen LogP contribution in [0.2, 0.25) is 0 Å². The van der Waals surface area contributed by atoms with Crippen LogP contribution in [0.3, 0.4) is 0 Å². The van der Waals surface area contributed by atoms with Crippen LogP contribution in [0.25, 0.3) is 0 Å². The van der Waals surface area contributed by atoms with E-state index in [9.17, 15) is 13.2 Å². The van der Waals surface area contributed by atoms with Crippen LogP contribution in [0, 0.1) is 6.92 Å². The molecule has 1 rings (SSSR count). The van der Waals surface area contributed by atoms with E-state index < -0.39 is 18.6 Å². The van der Waals surface area contributed by atoms with E-state index in [1.807, 2.05) is 6.92 Å². The van der Waals surface area contributed by atoms with Crippen molar-refractivity contribution >= 4 is 11.3 Å². The first-order chi connectivity index (χ1) is 6.90. The van der Waals surface area contributed by atoms with Crippen LogP contribution in [0.4, 0.5) is 13.2 Å². The molecule has 1 aromatic heterocycles. The molecule has 1 aromatic rings. The normalized spacial score (nSPS) is 14.2. The fraction of sp³-hybridized carbons (Fsp3) is 0.625. The van der Waals surface area contributed by atoms with E-state index in [1.165, 1.54) is 11.3 Å².